The molecule has 1 amide bonds. The van der Waals surface area contributed by atoms with Crippen LogP contribution < -0.4 is 5.32 Å². The van der Waals surface area contributed by atoms with Gasteiger partial charge >= 0.3 is 0 Å². The molecule has 28 heavy (non-hydrogen) atoms. The highest BCUT2D eigenvalue weighted by Crippen LogP contribution is 2.20. The first-order valence-electron chi connectivity index (χ1n) is 8.94. The summed E-state index contributed by atoms with van der Waals surface area (Å²) in [5, 5.41) is 11.1. The Bertz CT molecular complexity index is 1100. The number of anilines is 1. The van der Waals surface area contributed by atoms with Crippen LogP contribution in [0.5, 0.6) is 0 Å². The van der Waals surface area contributed by atoms with Crippen LogP contribution in [0.2, 0.25) is 0 Å². The normalized spacial score (nSPS) is 11.0. The summed E-state index contributed by atoms with van der Waals surface area (Å²) in [6.45, 7) is 5.69. The summed E-state index contributed by atoms with van der Waals surface area (Å²) in [5.41, 5.74) is 4.35. The average molecular weight is 376 g/mol. The summed E-state index contributed by atoms with van der Waals surface area (Å²) in [6, 6.07) is 12.9. The summed E-state index contributed by atoms with van der Waals surface area (Å²) in [7, 11) is 0. The van der Waals surface area contributed by atoms with Gasteiger partial charge in [-0.15, -0.1) is 0 Å². The van der Waals surface area contributed by atoms with Gasteiger partial charge in [0.1, 0.15) is 11.5 Å². The minimum absolute atomic E-state index is 0.258. The van der Waals surface area contributed by atoms with E-state index in [0.29, 0.717) is 17.9 Å². The number of amides is 1. The summed E-state index contributed by atoms with van der Waals surface area (Å²) in [4.78, 5) is 12.5. The number of benzene rings is 1. The second kappa shape index (κ2) is 7.19. The number of aryl methyl sites for hydroxylation is 3. The van der Waals surface area contributed by atoms with Crippen LogP contribution in [0.15, 0.2) is 57.6 Å². The van der Waals surface area contributed by atoms with Gasteiger partial charge in [0, 0.05) is 23.9 Å². The summed E-state index contributed by atoms with van der Waals surface area (Å²) in [5.74, 6) is 1.40. The molecule has 0 atom stereocenters. The van der Waals surface area contributed by atoms with Gasteiger partial charge in [-0.2, -0.15) is 5.10 Å². The second-order valence-corrected chi connectivity index (χ2v) is 6.65. The molecule has 0 unspecified atom stereocenters. The van der Waals surface area contributed by atoms with Gasteiger partial charge in [-0.25, -0.2) is 4.68 Å². The van der Waals surface area contributed by atoms with Crippen molar-refractivity contribution in [2.75, 3.05) is 5.32 Å². The summed E-state index contributed by atoms with van der Waals surface area (Å²) < 4.78 is 12.7. The van der Waals surface area contributed by atoms with E-state index in [2.05, 4.69) is 15.6 Å². The Morgan fingerprint density at radius 2 is 1.86 bits per heavy atom. The maximum Gasteiger partial charge on any atom is 0.291 e. The number of nitrogens with zero attached hydrogens (tertiary/aromatic N) is 3. The molecule has 0 radical (unpaired) electrons. The molecule has 3 heterocycles. The van der Waals surface area contributed by atoms with E-state index in [9.17, 15) is 4.79 Å². The number of aromatic nitrogens is 3. The van der Waals surface area contributed by atoms with Crippen molar-refractivity contribution in [3.05, 3.63) is 82.9 Å². The molecule has 0 saturated heterocycles. The van der Waals surface area contributed by atoms with Crippen molar-refractivity contribution in [2.45, 2.75) is 27.2 Å². The lowest BCUT2D eigenvalue weighted by molar-refractivity contribution is 0.0995. The predicted molar refractivity (Wildman–Crippen MR) is 104 cm³/mol. The number of carbonyl (C=O) groups excluding carboxylic acids is 1. The third-order valence-electron chi connectivity index (χ3n) is 4.53. The highest BCUT2D eigenvalue weighted by molar-refractivity contribution is 6.02. The monoisotopic (exact) mass is 376 g/mol. The molecular formula is C21H20N4O3. The number of rotatable bonds is 5. The Kier molecular flexibility index (Phi) is 4.57. The first-order chi connectivity index (χ1) is 13.5. The molecule has 0 saturated carbocycles. The van der Waals surface area contributed by atoms with Crippen LogP contribution in [0, 0.1) is 20.8 Å². The third-order valence-corrected chi connectivity index (χ3v) is 4.53. The van der Waals surface area contributed by atoms with Gasteiger partial charge in [-0.1, -0.05) is 5.16 Å². The van der Waals surface area contributed by atoms with Gasteiger partial charge in [0.15, 0.2) is 5.76 Å². The van der Waals surface area contributed by atoms with E-state index in [4.69, 9.17) is 8.94 Å². The van der Waals surface area contributed by atoms with E-state index in [1.54, 1.807) is 16.8 Å². The van der Waals surface area contributed by atoms with Gasteiger partial charge in [0.2, 0.25) is 0 Å². The number of furan rings is 1. The minimum Gasteiger partial charge on any atom is -0.456 e. The van der Waals surface area contributed by atoms with Gasteiger partial charge in [0.25, 0.3) is 5.91 Å². The van der Waals surface area contributed by atoms with E-state index in [-0.39, 0.29) is 11.7 Å². The molecular weight excluding hydrogens is 356 g/mol. The Labute approximate surface area is 162 Å². The lowest BCUT2D eigenvalue weighted by Gasteiger charge is -2.05. The van der Waals surface area contributed by atoms with Crippen LogP contribution >= 0.6 is 0 Å². The fourth-order valence-corrected chi connectivity index (χ4v) is 2.97. The molecule has 0 fully saturated rings. The Balaban J connectivity index is 1.43. The van der Waals surface area contributed by atoms with Crippen molar-refractivity contribution in [1.29, 1.82) is 0 Å². The fourth-order valence-electron chi connectivity index (χ4n) is 2.97. The van der Waals surface area contributed by atoms with Crippen LogP contribution in [-0.4, -0.2) is 20.8 Å². The van der Waals surface area contributed by atoms with Crippen molar-refractivity contribution in [2.24, 2.45) is 0 Å². The number of carbonyl (C=O) groups is 1. The Hall–Kier alpha value is -3.61. The summed E-state index contributed by atoms with van der Waals surface area (Å²) >= 11 is 0. The highest BCUT2D eigenvalue weighted by Gasteiger charge is 2.15. The molecule has 7 heteroatoms. The zero-order valence-corrected chi connectivity index (χ0v) is 15.9. The zero-order valence-electron chi connectivity index (χ0n) is 15.9. The van der Waals surface area contributed by atoms with Crippen molar-refractivity contribution in [3.63, 3.8) is 0 Å². The number of hydrogen-bond acceptors (Lipinski definition) is 5. The minimum atomic E-state index is -0.298. The van der Waals surface area contributed by atoms with E-state index in [0.717, 1.165) is 28.4 Å². The maximum absolute atomic E-state index is 12.5. The first kappa shape index (κ1) is 17.8. The van der Waals surface area contributed by atoms with Crippen molar-refractivity contribution < 1.29 is 13.7 Å². The SMILES string of the molecule is Cc1ccn(-c2ccc(NC(=O)c3ccc(Cc4c(C)noc4C)o3)cc2)n1. The molecule has 142 valence electrons. The lowest BCUT2D eigenvalue weighted by atomic mass is 10.1. The van der Waals surface area contributed by atoms with Crippen molar-refractivity contribution >= 4 is 11.6 Å². The van der Waals surface area contributed by atoms with Crippen LogP contribution in [0.3, 0.4) is 0 Å². The third kappa shape index (κ3) is 3.59. The lowest BCUT2D eigenvalue weighted by Crippen LogP contribution is -2.10. The molecule has 0 spiro atoms. The summed E-state index contributed by atoms with van der Waals surface area (Å²) in [6.07, 6.45) is 2.43. The topological polar surface area (TPSA) is 86.1 Å². The van der Waals surface area contributed by atoms with Crippen molar-refractivity contribution in [1.82, 2.24) is 14.9 Å². The van der Waals surface area contributed by atoms with Gasteiger partial charge in [-0.05, 0) is 63.2 Å². The average Bonchev–Trinajstić information content (AvgIpc) is 3.40. The Morgan fingerprint density at radius 3 is 2.50 bits per heavy atom. The van der Waals surface area contributed by atoms with E-state index >= 15 is 0 Å². The van der Waals surface area contributed by atoms with E-state index in [1.807, 2.05) is 57.3 Å². The van der Waals surface area contributed by atoms with Crippen LogP contribution in [0.4, 0.5) is 5.69 Å². The van der Waals surface area contributed by atoms with Gasteiger partial charge in [0.05, 0.1) is 17.1 Å². The zero-order chi connectivity index (χ0) is 19.7. The molecule has 3 aromatic heterocycles. The number of nitrogens with one attached hydrogen (secondary N) is 1. The Morgan fingerprint density at radius 1 is 1.07 bits per heavy atom. The molecule has 0 aliphatic heterocycles. The maximum atomic E-state index is 12.5. The largest absolute Gasteiger partial charge is 0.456 e. The van der Waals surface area contributed by atoms with Crippen LogP contribution in [-0.2, 0) is 6.42 Å². The molecule has 0 aliphatic rings. The fraction of sp³-hybridized carbons (Fsp3) is 0.190. The van der Waals surface area contributed by atoms with Gasteiger partial charge in [-0.3, -0.25) is 4.79 Å². The van der Waals surface area contributed by atoms with Crippen molar-refractivity contribution in [3.8, 4) is 5.69 Å². The number of hydrogen-bond donors (Lipinski definition) is 1. The molecule has 0 aliphatic carbocycles. The van der Waals surface area contributed by atoms with E-state index < -0.39 is 0 Å². The van der Waals surface area contributed by atoms with Crippen LogP contribution in [0.1, 0.15) is 39.0 Å². The molecule has 1 N–H and O–H groups in total. The van der Waals surface area contributed by atoms with E-state index in [1.165, 1.54) is 0 Å². The first-order valence-corrected chi connectivity index (χ1v) is 8.94. The quantitative estimate of drug-likeness (QED) is 0.563. The molecule has 4 aromatic rings. The molecule has 4 rings (SSSR count). The molecule has 7 nitrogen and oxygen atoms in total. The highest BCUT2D eigenvalue weighted by atomic mass is 16.5. The molecule has 0 bridgehead atoms. The van der Waals surface area contributed by atoms with Crippen LogP contribution in [0.25, 0.3) is 5.69 Å². The standard InChI is InChI=1S/C21H20N4O3/c1-13-10-11-25(23-13)17-6-4-16(5-7-17)22-21(26)20-9-8-18(27-20)12-19-14(2)24-28-15(19)3/h4-11H,12H2,1-3H3,(H,22,26). The van der Waals surface area contributed by atoms with Gasteiger partial charge < -0.3 is 14.3 Å². The smallest absolute Gasteiger partial charge is 0.291 e. The predicted octanol–water partition coefficient (Wildman–Crippen LogP) is 4.22. The second-order valence-electron chi connectivity index (χ2n) is 6.65. The molecule has 1 aromatic carbocycles.